The van der Waals surface area contributed by atoms with Crippen molar-refractivity contribution in [1.82, 2.24) is 0 Å². The summed E-state index contributed by atoms with van der Waals surface area (Å²) >= 11 is 3.70. The Morgan fingerprint density at radius 2 is 1.13 bits per heavy atom. The molecule has 0 saturated carbocycles. The fourth-order valence-electron chi connectivity index (χ4n) is 2.26. The first-order chi connectivity index (χ1) is 11.4. The third-order valence-corrected chi connectivity index (χ3v) is 5.97. The Hall–Kier alpha value is -1.84. The average molecular weight is 338 g/mol. The molecule has 0 aromatic heterocycles. The molecule has 116 valence electrons. The van der Waals surface area contributed by atoms with Gasteiger partial charge in [0.05, 0.1) is 11.7 Å². The van der Waals surface area contributed by atoms with Crippen LogP contribution in [0.1, 0.15) is 10.1 Å². The Labute approximate surface area is 146 Å². The molecule has 0 saturated heterocycles. The highest BCUT2D eigenvalue weighted by Crippen LogP contribution is 2.49. The van der Waals surface area contributed by atoms with E-state index >= 15 is 0 Å². The minimum Gasteiger partial charge on any atom is -0.496 e. The molecule has 0 bridgehead atoms. The van der Waals surface area contributed by atoms with Crippen LogP contribution >= 0.6 is 23.5 Å². The summed E-state index contributed by atoms with van der Waals surface area (Å²) < 4.78 is 5.81. The maximum Gasteiger partial charge on any atom is 0.124 e. The number of hydrogen-bond donors (Lipinski definition) is 0. The van der Waals surface area contributed by atoms with Gasteiger partial charge in [0, 0.05) is 15.4 Å². The molecule has 0 unspecified atom stereocenters. The van der Waals surface area contributed by atoms with E-state index in [4.69, 9.17) is 4.74 Å². The van der Waals surface area contributed by atoms with Gasteiger partial charge in [-0.15, -0.1) is 23.5 Å². The molecule has 1 nitrogen and oxygen atoms in total. The Morgan fingerprint density at radius 3 is 1.65 bits per heavy atom. The third-order valence-electron chi connectivity index (χ3n) is 3.37. The average Bonchev–Trinajstić information content (AvgIpc) is 2.63. The molecule has 0 aliphatic rings. The van der Waals surface area contributed by atoms with Crippen LogP contribution in [0.4, 0.5) is 0 Å². The first kappa shape index (κ1) is 16.0. The van der Waals surface area contributed by atoms with Gasteiger partial charge in [-0.2, -0.15) is 0 Å². The number of methoxy groups -OCH3 is 1. The third kappa shape index (κ3) is 4.34. The topological polar surface area (TPSA) is 9.23 Å². The molecule has 0 N–H and O–H groups in total. The van der Waals surface area contributed by atoms with Crippen molar-refractivity contribution in [2.75, 3.05) is 7.11 Å². The van der Waals surface area contributed by atoms with Gasteiger partial charge < -0.3 is 4.74 Å². The van der Waals surface area contributed by atoms with Gasteiger partial charge in [0.2, 0.25) is 0 Å². The maximum absolute atomic E-state index is 5.58. The molecule has 0 spiro atoms. The van der Waals surface area contributed by atoms with Gasteiger partial charge in [0.1, 0.15) is 5.75 Å². The van der Waals surface area contributed by atoms with Gasteiger partial charge in [0.15, 0.2) is 0 Å². The van der Waals surface area contributed by atoms with Crippen LogP contribution in [0.15, 0.2) is 94.7 Å². The van der Waals surface area contributed by atoms with Gasteiger partial charge in [0.25, 0.3) is 0 Å². The van der Waals surface area contributed by atoms with Crippen molar-refractivity contribution in [3.8, 4) is 5.75 Å². The molecule has 3 aromatic carbocycles. The lowest BCUT2D eigenvalue weighted by atomic mass is 10.2. The summed E-state index contributed by atoms with van der Waals surface area (Å²) in [6, 6.07) is 29.3. The fraction of sp³-hybridized carbons (Fsp3) is 0.100. The van der Waals surface area contributed by atoms with Crippen LogP contribution in [-0.4, -0.2) is 7.11 Å². The Kier molecular flexibility index (Phi) is 5.67. The first-order valence-electron chi connectivity index (χ1n) is 7.43. The van der Waals surface area contributed by atoms with E-state index in [1.54, 1.807) is 7.11 Å². The molecule has 0 aliphatic carbocycles. The summed E-state index contributed by atoms with van der Waals surface area (Å²) in [5.74, 6) is 0.935. The van der Waals surface area contributed by atoms with Crippen molar-refractivity contribution in [3.63, 3.8) is 0 Å². The summed E-state index contributed by atoms with van der Waals surface area (Å²) in [5, 5.41) is 0. The second-order valence-corrected chi connectivity index (χ2v) is 7.59. The molecule has 0 atom stereocenters. The zero-order valence-corrected chi connectivity index (χ0v) is 14.5. The summed E-state index contributed by atoms with van der Waals surface area (Å²) in [7, 11) is 1.73. The molecule has 0 fully saturated rings. The number of para-hydroxylation sites is 1. The maximum atomic E-state index is 5.58. The van der Waals surface area contributed by atoms with Crippen LogP contribution in [0.25, 0.3) is 0 Å². The molecule has 0 aliphatic heterocycles. The summed E-state index contributed by atoms with van der Waals surface area (Å²) in [6.45, 7) is 0. The van der Waals surface area contributed by atoms with E-state index in [0.717, 1.165) is 5.75 Å². The van der Waals surface area contributed by atoms with Crippen LogP contribution in [0, 0.1) is 0 Å². The van der Waals surface area contributed by atoms with Crippen molar-refractivity contribution >= 4 is 23.5 Å². The molecule has 3 heteroatoms. The molecule has 0 radical (unpaired) electrons. The Morgan fingerprint density at radius 1 is 0.652 bits per heavy atom. The van der Waals surface area contributed by atoms with Gasteiger partial charge in [-0.3, -0.25) is 0 Å². The highest BCUT2D eigenvalue weighted by Gasteiger charge is 2.18. The van der Waals surface area contributed by atoms with Crippen molar-refractivity contribution in [2.24, 2.45) is 0 Å². The predicted molar refractivity (Wildman–Crippen MR) is 100 cm³/mol. The molecular weight excluding hydrogens is 320 g/mol. The van der Waals surface area contributed by atoms with Crippen molar-refractivity contribution < 1.29 is 4.74 Å². The van der Waals surface area contributed by atoms with E-state index in [9.17, 15) is 0 Å². The number of hydrogen-bond acceptors (Lipinski definition) is 3. The van der Waals surface area contributed by atoms with E-state index < -0.39 is 0 Å². The Bertz CT molecular complexity index is 687. The zero-order chi connectivity index (χ0) is 15.9. The number of rotatable bonds is 6. The van der Waals surface area contributed by atoms with Crippen molar-refractivity contribution in [3.05, 3.63) is 90.5 Å². The summed E-state index contributed by atoms with van der Waals surface area (Å²) in [4.78, 5) is 2.51. The monoisotopic (exact) mass is 338 g/mol. The molecule has 3 aromatic rings. The van der Waals surface area contributed by atoms with E-state index in [0.29, 0.717) is 0 Å². The number of benzene rings is 3. The lowest BCUT2D eigenvalue weighted by molar-refractivity contribution is 0.411. The summed E-state index contributed by atoms with van der Waals surface area (Å²) in [6.07, 6.45) is 0. The first-order valence-corrected chi connectivity index (χ1v) is 9.19. The molecule has 23 heavy (non-hydrogen) atoms. The molecule has 0 amide bonds. The number of ether oxygens (including phenoxy) is 1. The second kappa shape index (κ2) is 8.14. The normalized spacial score (nSPS) is 10.7. The lowest BCUT2D eigenvalue weighted by Crippen LogP contribution is -1.95. The van der Waals surface area contributed by atoms with Crippen molar-refractivity contribution in [1.29, 1.82) is 0 Å². The smallest absolute Gasteiger partial charge is 0.124 e. The quantitative estimate of drug-likeness (QED) is 0.387. The summed E-state index contributed by atoms with van der Waals surface area (Å²) in [5.41, 5.74) is 1.21. The highest BCUT2D eigenvalue weighted by atomic mass is 32.2. The number of thioether (sulfide) groups is 2. The molecule has 3 rings (SSSR count). The Balaban J connectivity index is 1.92. The highest BCUT2D eigenvalue weighted by molar-refractivity contribution is 8.16. The zero-order valence-electron chi connectivity index (χ0n) is 12.9. The fourth-order valence-corrected chi connectivity index (χ4v) is 4.88. The molecular formula is C20H18OS2. The standard InChI is InChI=1S/C20H18OS2/c1-21-19-15-9-8-14-18(19)20(22-16-10-4-2-5-11-16)23-17-12-6-3-7-13-17/h2-15,20H,1H3. The van der Waals surface area contributed by atoms with E-state index in [1.807, 2.05) is 47.8 Å². The minimum absolute atomic E-state index is 0.232. The minimum atomic E-state index is 0.232. The van der Waals surface area contributed by atoms with Gasteiger partial charge in [-0.25, -0.2) is 0 Å². The SMILES string of the molecule is COc1ccccc1C(Sc1ccccc1)Sc1ccccc1. The van der Waals surface area contributed by atoms with Gasteiger partial charge in [-0.05, 0) is 30.3 Å². The van der Waals surface area contributed by atoms with E-state index in [2.05, 4.69) is 60.7 Å². The molecule has 0 heterocycles. The predicted octanol–water partition coefficient (Wildman–Crippen LogP) is 6.28. The lowest BCUT2D eigenvalue weighted by Gasteiger charge is -2.19. The van der Waals surface area contributed by atoms with Crippen LogP contribution in [0.2, 0.25) is 0 Å². The largest absolute Gasteiger partial charge is 0.496 e. The van der Waals surface area contributed by atoms with Crippen LogP contribution in [0.5, 0.6) is 5.75 Å². The van der Waals surface area contributed by atoms with Crippen LogP contribution in [-0.2, 0) is 0 Å². The van der Waals surface area contributed by atoms with Crippen molar-refractivity contribution in [2.45, 2.75) is 14.4 Å². The van der Waals surface area contributed by atoms with Crippen LogP contribution in [0.3, 0.4) is 0 Å². The van der Waals surface area contributed by atoms with E-state index in [1.165, 1.54) is 15.4 Å². The van der Waals surface area contributed by atoms with Crippen LogP contribution < -0.4 is 4.74 Å². The van der Waals surface area contributed by atoms with E-state index in [-0.39, 0.29) is 4.58 Å². The second-order valence-electron chi connectivity index (χ2n) is 4.94. The van der Waals surface area contributed by atoms with Gasteiger partial charge >= 0.3 is 0 Å². The van der Waals surface area contributed by atoms with Gasteiger partial charge in [-0.1, -0.05) is 54.6 Å².